The van der Waals surface area contributed by atoms with Crippen molar-refractivity contribution in [1.29, 1.82) is 0 Å². The number of aromatic nitrogens is 2. The normalized spacial score (nSPS) is 18.1. The summed E-state index contributed by atoms with van der Waals surface area (Å²) in [5.74, 6) is -0.404. The first-order chi connectivity index (χ1) is 8.52. The molecule has 1 atom stereocenters. The highest BCUT2D eigenvalue weighted by molar-refractivity contribution is 6.59. The van der Waals surface area contributed by atoms with Crippen molar-refractivity contribution in [2.75, 3.05) is 12.8 Å². The second-order valence-electron chi connectivity index (χ2n) is 3.75. The van der Waals surface area contributed by atoms with Gasteiger partial charge >= 0.3 is 5.97 Å². The average molecular weight is 268 g/mol. The minimum absolute atomic E-state index is 0.00946. The van der Waals surface area contributed by atoms with E-state index in [1.54, 1.807) is 0 Å². The zero-order valence-electron chi connectivity index (χ0n) is 9.81. The molecule has 0 saturated carbocycles. The predicted molar refractivity (Wildman–Crippen MR) is 67.2 cm³/mol. The van der Waals surface area contributed by atoms with Gasteiger partial charge in [-0.3, -0.25) is 0 Å². The van der Waals surface area contributed by atoms with Crippen molar-refractivity contribution in [2.24, 2.45) is 5.16 Å². The molecule has 1 aromatic rings. The maximum atomic E-state index is 11.5. The van der Waals surface area contributed by atoms with Crippen LogP contribution in [-0.2, 0) is 9.57 Å². The topological polar surface area (TPSA) is 99.7 Å². The number of halogens is 1. The highest BCUT2D eigenvalue weighted by atomic mass is 35.5. The minimum Gasteiger partial charge on any atom is -0.464 e. The Kier molecular flexibility index (Phi) is 3.37. The number of carbonyl (C=O) groups is 1. The molecule has 18 heavy (non-hydrogen) atoms. The van der Waals surface area contributed by atoms with E-state index in [0.717, 1.165) is 5.61 Å². The Balaban J connectivity index is 2.38. The van der Waals surface area contributed by atoms with Crippen LogP contribution in [0.2, 0.25) is 5.02 Å². The number of nitrogen functional groups attached to an aromatic ring is 1. The van der Waals surface area contributed by atoms with E-state index in [2.05, 4.69) is 19.9 Å². The standard InChI is InChI=1S/C9H10BClN4O3/c1-17-9(16)6-5(11)7(12)14-8(13-6)3-2-4(10)15-18-3/h3H,2,10H2,1H3,(H2,12,13,14). The van der Waals surface area contributed by atoms with Crippen molar-refractivity contribution in [2.45, 2.75) is 12.5 Å². The zero-order valence-corrected chi connectivity index (χ0v) is 10.6. The molecule has 9 heteroatoms. The summed E-state index contributed by atoms with van der Waals surface area (Å²) in [4.78, 5) is 24.6. The molecule has 2 rings (SSSR count). The Morgan fingerprint density at radius 3 is 2.89 bits per heavy atom. The molecule has 0 fully saturated rings. The number of nitrogens with zero attached hydrogens (tertiary/aromatic N) is 3. The number of hydrogen-bond acceptors (Lipinski definition) is 7. The van der Waals surface area contributed by atoms with Crippen LogP contribution in [0.15, 0.2) is 5.16 Å². The molecule has 0 saturated heterocycles. The molecule has 2 heterocycles. The molecule has 7 nitrogen and oxygen atoms in total. The maximum absolute atomic E-state index is 11.5. The fourth-order valence-corrected chi connectivity index (χ4v) is 1.65. The SMILES string of the molecule is BC1=NOC(c2nc(N)c(Cl)c(C(=O)OC)n2)C1. The first-order valence-corrected chi connectivity index (χ1v) is 5.51. The van der Waals surface area contributed by atoms with Crippen LogP contribution in [0.3, 0.4) is 0 Å². The highest BCUT2D eigenvalue weighted by Crippen LogP contribution is 2.28. The lowest BCUT2D eigenvalue weighted by Crippen LogP contribution is -2.14. The molecule has 2 N–H and O–H groups in total. The van der Waals surface area contributed by atoms with Crippen LogP contribution in [0, 0.1) is 0 Å². The fraction of sp³-hybridized carbons (Fsp3) is 0.333. The number of methoxy groups -OCH3 is 1. The van der Waals surface area contributed by atoms with Crippen LogP contribution < -0.4 is 5.73 Å². The third-order valence-electron chi connectivity index (χ3n) is 2.38. The summed E-state index contributed by atoms with van der Waals surface area (Å²) < 4.78 is 4.57. The Bertz CT molecular complexity index is 537. The highest BCUT2D eigenvalue weighted by Gasteiger charge is 2.27. The third-order valence-corrected chi connectivity index (χ3v) is 2.75. The Labute approximate surface area is 109 Å². The van der Waals surface area contributed by atoms with Gasteiger partial charge in [0.2, 0.25) is 0 Å². The quantitative estimate of drug-likeness (QED) is 0.594. The van der Waals surface area contributed by atoms with Gasteiger partial charge in [0, 0.05) is 12.0 Å². The predicted octanol–water partition coefficient (Wildman–Crippen LogP) is -0.0932. The van der Waals surface area contributed by atoms with E-state index in [1.807, 2.05) is 7.85 Å². The van der Waals surface area contributed by atoms with Gasteiger partial charge in [-0.15, -0.1) is 5.16 Å². The lowest BCUT2D eigenvalue weighted by Gasteiger charge is -2.10. The van der Waals surface area contributed by atoms with Crippen LogP contribution in [0.25, 0.3) is 0 Å². The Morgan fingerprint density at radius 2 is 2.33 bits per heavy atom. The zero-order chi connectivity index (χ0) is 13.3. The molecule has 0 spiro atoms. The summed E-state index contributed by atoms with van der Waals surface area (Å²) in [5.41, 5.74) is 6.37. The number of esters is 1. The van der Waals surface area contributed by atoms with Gasteiger partial charge in [-0.2, -0.15) is 0 Å². The second kappa shape index (κ2) is 4.81. The molecule has 0 amide bonds. The van der Waals surface area contributed by atoms with E-state index in [4.69, 9.17) is 22.2 Å². The first-order valence-electron chi connectivity index (χ1n) is 5.13. The van der Waals surface area contributed by atoms with Crippen molar-refractivity contribution >= 4 is 36.8 Å². The number of oxime groups is 1. The Morgan fingerprint density at radius 1 is 1.61 bits per heavy atom. The minimum atomic E-state index is -0.675. The van der Waals surface area contributed by atoms with Crippen molar-refractivity contribution in [3.8, 4) is 0 Å². The monoisotopic (exact) mass is 268 g/mol. The van der Waals surface area contributed by atoms with Gasteiger partial charge in [0.15, 0.2) is 25.5 Å². The van der Waals surface area contributed by atoms with E-state index in [1.165, 1.54) is 7.11 Å². The second-order valence-corrected chi connectivity index (χ2v) is 4.12. The Hall–Kier alpha value is -1.83. The van der Waals surface area contributed by atoms with Gasteiger partial charge in [0.25, 0.3) is 0 Å². The van der Waals surface area contributed by atoms with Gasteiger partial charge in [-0.05, 0) is 0 Å². The van der Waals surface area contributed by atoms with Gasteiger partial charge in [0.1, 0.15) is 10.8 Å². The lowest BCUT2D eigenvalue weighted by molar-refractivity contribution is 0.0587. The van der Waals surface area contributed by atoms with Crippen LogP contribution in [-0.4, -0.2) is 36.5 Å². The molecule has 0 bridgehead atoms. The van der Waals surface area contributed by atoms with E-state index in [9.17, 15) is 4.79 Å². The van der Waals surface area contributed by atoms with E-state index >= 15 is 0 Å². The summed E-state index contributed by atoms with van der Waals surface area (Å²) in [6, 6.07) is 0. The molecule has 1 aliphatic rings. The van der Waals surface area contributed by atoms with E-state index < -0.39 is 12.1 Å². The molecule has 94 valence electrons. The van der Waals surface area contributed by atoms with Gasteiger partial charge in [-0.25, -0.2) is 14.8 Å². The number of hydrogen-bond donors (Lipinski definition) is 1. The van der Waals surface area contributed by atoms with Crippen LogP contribution in [0.5, 0.6) is 0 Å². The van der Waals surface area contributed by atoms with Crippen LogP contribution in [0.4, 0.5) is 5.82 Å². The molecule has 0 radical (unpaired) electrons. The summed E-state index contributed by atoms with van der Waals surface area (Å²) in [6.45, 7) is 0. The molecule has 1 aliphatic heterocycles. The maximum Gasteiger partial charge on any atom is 0.358 e. The van der Waals surface area contributed by atoms with Crippen molar-refractivity contribution in [1.82, 2.24) is 9.97 Å². The smallest absolute Gasteiger partial charge is 0.358 e. The number of nitrogens with two attached hydrogens (primary N) is 1. The summed E-state index contributed by atoms with van der Waals surface area (Å²) >= 11 is 5.85. The lowest BCUT2D eigenvalue weighted by atomic mass is 9.96. The molecular formula is C9H10BClN4O3. The van der Waals surface area contributed by atoms with Crippen molar-refractivity contribution < 1.29 is 14.4 Å². The average Bonchev–Trinajstić information content (AvgIpc) is 2.78. The largest absolute Gasteiger partial charge is 0.464 e. The van der Waals surface area contributed by atoms with Crippen LogP contribution in [0.1, 0.15) is 28.8 Å². The summed E-state index contributed by atoms with van der Waals surface area (Å²) in [7, 11) is 3.05. The first kappa shape index (κ1) is 12.6. The number of ether oxygens (including phenoxy) is 1. The van der Waals surface area contributed by atoms with E-state index in [-0.39, 0.29) is 22.4 Å². The molecule has 1 unspecified atom stereocenters. The molecular weight excluding hydrogens is 258 g/mol. The van der Waals surface area contributed by atoms with Crippen molar-refractivity contribution in [3.63, 3.8) is 0 Å². The van der Waals surface area contributed by atoms with Crippen molar-refractivity contribution in [3.05, 3.63) is 16.5 Å². The molecule has 1 aromatic heterocycles. The van der Waals surface area contributed by atoms with Crippen LogP contribution >= 0.6 is 11.6 Å². The number of carbonyl (C=O) groups excluding carboxylic acids is 1. The fourth-order valence-electron chi connectivity index (χ4n) is 1.49. The van der Waals surface area contributed by atoms with Gasteiger partial charge in [-0.1, -0.05) is 11.6 Å². The van der Waals surface area contributed by atoms with E-state index in [0.29, 0.717) is 6.42 Å². The molecule has 0 aromatic carbocycles. The summed E-state index contributed by atoms with van der Waals surface area (Å²) in [6.07, 6.45) is 0.0924. The van der Waals surface area contributed by atoms with Gasteiger partial charge in [0.05, 0.1) is 7.11 Å². The summed E-state index contributed by atoms with van der Waals surface area (Å²) in [5, 5.41) is 3.76. The molecule has 0 aliphatic carbocycles. The number of anilines is 1. The third kappa shape index (κ3) is 2.24. The van der Waals surface area contributed by atoms with Gasteiger partial charge < -0.3 is 15.3 Å². The number of rotatable bonds is 2.